The molecule has 0 atom stereocenters. The lowest BCUT2D eigenvalue weighted by atomic mass is 10.1. The van der Waals surface area contributed by atoms with Gasteiger partial charge in [0.25, 0.3) is 0 Å². The number of anilines is 1. The van der Waals surface area contributed by atoms with Crippen molar-refractivity contribution in [2.45, 2.75) is 25.8 Å². The molecule has 1 amide bonds. The number of ether oxygens (including phenoxy) is 1. The number of aromatic nitrogens is 1. The van der Waals surface area contributed by atoms with Gasteiger partial charge in [0, 0.05) is 25.3 Å². The fraction of sp³-hybridized carbons (Fsp3) is 0.538. The van der Waals surface area contributed by atoms with E-state index in [2.05, 4.69) is 10.3 Å². The first-order valence-electron chi connectivity index (χ1n) is 6.39. The SMILES string of the molecule is CCOC(=O)N1CCC(Nc2ccccn2)CC1. The maximum absolute atomic E-state index is 11.5. The molecule has 1 aromatic heterocycles. The van der Waals surface area contributed by atoms with Gasteiger partial charge in [0.15, 0.2) is 0 Å². The van der Waals surface area contributed by atoms with Crippen molar-refractivity contribution < 1.29 is 9.53 Å². The topological polar surface area (TPSA) is 54.5 Å². The molecule has 18 heavy (non-hydrogen) atoms. The Morgan fingerprint density at radius 3 is 2.89 bits per heavy atom. The van der Waals surface area contributed by atoms with Crippen LogP contribution in [0.15, 0.2) is 24.4 Å². The molecule has 1 aliphatic rings. The molecule has 5 nitrogen and oxygen atoms in total. The van der Waals surface area contributed by atoms with Crippen LogP contribution in [0.2, 0.25) is 0 Å². The molecule has 98 valence electrons. The molecule has 0 radical (unpaired) electrons. The maximum atomic E-state index is 11.5. The molecule has 1 fully saturated rings. The monoisotopic (exact) mass is 249 g/mol. The predicted octanol–water partition coefficient (Wildman–Crippen LogP) is 2.11. The van der Waals surface area contributed by atoms with Gasteiger partial charge in [-0.05, 0) is 31.9 Å². The van der Waals surface area contributed by atoms with E-state index in [4.69, 9.17) is 4.74 Å². The summed E-state index contributed by atoms with van der Waals surface area (Å²) in [6, 6.07) is 6.19. The number of pyridine rings is 1. The Bertz CT molecular complexity index is 375. The first-order valence-corrected chi connectivity index (χ1v) is 6.39. The zero-order valence-electron chi connectivity index (χ0n) is 10.6. The van der Waals surface area contributed by atoms with Gasteiger partial charge in [-0.1, -0.05) is 6.07 Å². The van der Waals surface area contributed by atoms with Crippen molar-refractivity contribution in [1.29, 1.82) is 0 Å². The Balaban J connectivity index is 1.78. The minimum Gasteiger partial charge on any atom is -0.450 e. The molecular weight excluding hydrogens is 230 g/mol. The molecule has 1 aromatic rings. The fourth-order valence-corrected chi connectivity index (χ4v) is 2.08. The summed E-state index contributed by atoms with van der Waals surface area (Å²) < 4.78 is 4.99. The fourth-order valence-electron chi connectivity index (χ4n) is 2.08. The first-order chi connectivity index (χ1) is 8.79. The first kappa shape index (κ1) is 12.7. The highest BCUT2D eigenvalue weighted by Gasteiger charge is 2.23. The van der Waals surface area contributed by atoms with Gasteiger partial charge in [-0.15, -0.1) is 0 Å². The number of nitrogens with one attached hydrogen (secondary N) is 1. The van der Waals surface area contributed by atoms with Crippen molar-refractivity contribution in [3.63, 3.8) is 0 Å². The molecule has 1 saturated heterocycles. The van der Waals surface area contributed by atoms with Gasteiger partial charge in [0.05, 0.1) is 6.61 Å². The summed E-state index contributed by atoms with van der Waals surface area (Å²) in [6.45, 7) is 3.74. The molecule has 2 heterocycles. The molecule has 2 rings (SSSR count). The average molecular weight is 249 g/mol. The number of rotatable bonds is 3. The maximum Gasteiger partial charge on any atom is 0.409 e. The van der Waals surface area contributed by atoms with Crippen molar-refractivity contribution >= 4 is 11.9 Å². The summed E-state index contributed by atoms with van der Waals surface area (Å²) in [5.41, 5.74) is 0. The van der Waals surface area contributed by atoms with E-state index in [1.807, 2.05) is 25.1 Å². The average Bonchev–Trinajstić information content (AvgIpc) is 2.41. The second kappa shape index (κ2) is 6.23. The number of likely N-dealkylation sites (tertiary alicyclic amines) is 1. The Hall–Kier alpha value is -1.78. The van der Waals surface area contributed by atoms with Gasteiger partial charge in [0.2, 0.25) is 0 Å². The number of carbonyl (C=O) groups excluding carboxylic acids is 1. The Labute approximate surface area is 107 Å². The van der Waals surface area contributed by atoms with E-state index in [1.165, 1.54) is 0 Å². The lowest BCUT2D eigenvalue weighted by Gasteiger charge is -2.31. The lowest BCUT2D eigenvalue weighted by Crippen LogP contribution is -2.42. The highest BCUT2D eigenvalue weighted by Crippen LogP contribution is 2.15. The number of amides is 1. The molecule has 1 aliphatic heterocycles. The van der Waals surface area contributed by atoms with Crippen LogP contribution in [0.4, 0.5) is 10.6 Å². The minimum atomic E-state index is -0.200. The third-order valence-corrected chi connectivity index (χ3v) is 3.04. The quantitative estimate of drug-likeness (QED) is 0.891. The van der Waals surface area contributed by atoms with Gasteiger partial charge < -0.3 is 15.0 Å². The summed E-state index contributed by atoms with van der Waals surface area (Å²) in [5.74, 6) is 0.895. The zero-order chi connectivity index (χ0) is 12.8. The Morgan fingerprint density at radius 2 is 2.28 bits per heavy atom. The Morgan fingerprint density at radius 1 is 1.50 bits per heavy atom. The summed E-state index contributed by atoms with van der Waals surface area (Å²) >= 11 is 0. The van der Waals surface area contributed by atoms with Gasteiger partial charge in [-0.2, -0.15) is 0 Å². The normalized spacial score (nSPS) is 16.4. The molecule has 0 aliphatic carbocycles. The summed E-state index contributed by atoms with van der Waals surface area (Å²) in [5, 5.41) is 3.38. The van der Waals surface area contributed by atoms with Crippen LogP contribution in [0, 0.1) is 0 Å². The summed E-state index contributed by atoms with van der Waals surface area (Å²) in [7, 11) is 0. The molecule has 0 saturated carbocycles. The van der Waals surface area contributed by atoms with E-state index in [9.17, 15) is 4.79 Å². The number of piperidine rings is 1. The van der Waals surface area contributed by atoms with Crippen LogP contribution < -0.4 is 5.32 Å². The van der Waals surface area contributed by atoms with E-state index in [0.29, 0.717) is 12.6 Å². The van der Waals surface area contributed by atoms with Crippen LogP contribution in [0.25, 0.3) is 0 Å². The van der Waals surface area contributed by atoms with E-state index in [-0.39, 0.29) is 6.09 Å². The van der Waals surface area contributed by atoms with E-state index in [0.717, 1.165) is 31.7 Å². The van der Waals surface area contributed by atoms with Gasteiger partial charge in [0.1, 0.15) is 5.82 Å². The van der Waals surface area contributed by atoms with Crippen molar-refractivity contribution in [3.8, 4) is 0 Å². The zero-order valence-corrected chi connectivity index (χ0v) is 10.6. The molecule has 0 aromatic carbocycles. The summed E-state index contributed by atoms with van der Waals surface area (Å²) in [6.07, 6.45) is 3.43. The van der Waals surface area contributed by atoms with Crippen LogP contribution in [-0.4, -0.2) is 41.7 Å². The lowest BCUT2D eigenvalue weighted by molar-refractivity contribution is 0.0983. The second-order valence-corrected chi connectivity index (χ2v) is 4.32. The number of nitrogens with zero attached hydrogens (tertiary/aromatic N) is 2. The smallest absolute Gasteiger partial charge is 0.409 e. The van der Waals surface area contributed by atoms with Gasteiger partial charge in [-0.3, -0.25) is 0 Å². The van der Waals surface area contributed by atoms with E-state index in [1.54, 1.807) is 11.1 Å². The number of carbonyl (C=O) groups is 1. The molecule has 1 N–H and O–H groups in total. The highest BCUT2D eigenvalue weighted by molar-refractivity contribution is 5.67. The highest BCUT2D eigenvalue weighted by atomic mass is 16.6. The molecular formula is C13H19N3O2. The van der Waals surface area contributed by atoms with Crippen LogP contribution in [0.5, 0.6) is 0 Å². The van der Waals surface area contributed by atoms with Crippen LogP contribution in [0.1, 0.15) is 19.8 Å². The minimum absolute atomic E-state index is 0.200. The van der Waals surface area contributed by atoms with Crippen molar-refractivity contribution in [2.24, 2.45) is 0 Å². The van der Waals surface area contributed by atoms with E-state index >= 15 is 0 Å². The molecule has 0 bridgehead atoms. The largest absolute Gasteiger partial charge is 0.450 e. The molecule has 0 spiro atoms. The predicted molar refractivity (Wildman–Crippen MR) is 69.5 cm³/mol. The van der Waals surface area contributed by atoms with Crippen molar-refractivity contribution in [1.82, 2.24) is 9.88 Å². The van der Waals surface area contributed by atoms with Crippen molar-refractivity contribution in [2.75, 3.05) is 25.0 Å². The van der Waals surface area contributed by atoms with Crippen molar-refractivity contribution in [3.05, 3.63) is 24.4 Å². The van der Waals surface area contributed by atoms with Gasteiger partial charge in [-0.25, -0.2) is 9.78 Å². The number of hydrogen-bond donors (Lipinski definition) is 1. The molecule has 0 unspecified atom stereocenters. The van der Waals surface area contributed by atoms with Crippen LogP contribution in [0.3, 0.4) is 0 Å². The summed E-state index contributed by atoms with van der Waals surface area (Å²) in [4.78, 5) is 17.5. The molecule has 5 heteroatoms. The van der Waals surface area contributed by atoms with Crippen LogP contribution in [-0.2, 0) is 4.74 Å². The third kappa shape index (κ3) is 3.35. The van der Waals surface area contributed by atoms with E-state index < -0.39 is 0 Å². The number of hydrogen-bond acceptors (Lipinski definition) is 4. The second-order valence-electron chi connectivity index (χ2n) is 4.32. The van der Waals surface area contributed by atoms with Gasteiger partial charge >= 0.3 is 6.09 Å². The third-order valence-electron chi connectivity index (χ3n) is 3.04. The standard InChI is InChI=1S/C13H19N3O2/c1-2-18-13(17)16-9-6-11(7-10-16)15-12-5-3-4-8-14-12/h3-5,8,11H,2,6-7,9-10H2,1H3,(H,14,15). The van der Waals surface area contributed by atoms with Crippen LogP contribution >= 0.6 is 0 Å². The Kier molecular flexibility index (Phi) is 4.39.